The van der Waals surface area contributed by atoms with Crippen LogP contribution in [0.4, 0.5) is 0 Å². The van der Waals surface area contributed by atoms with Crippen LogP contribution >= 0.6 is 35.3 Å². The summed E-state index contributed by atoms with van der Waals surface area (Å²) in [7, 11) is 0. The second kappa shape index (κ2) is 8.67. The molecule has 2 N–H and O–H groups in total. The van der Waals surface area contributed by atoms with E-state index in [1.807, 2.05) is 0 Å². The van der Waals surface area contributed by atoms with Crippen molar-refractivity contribution < 1.29 is 4.74 Å². The van der Waals surface area contributed by atoms with Gasteiger partial charge in [-0.2, -0.15) is 11.3 Å². The van der Waals surface area contributed by atoms with Crippen LogP contribution in [0.3, 0.4) is 0 Å². The molecule has 4 nitrogen and oxygen atoms in total. The highest BCUT2D eigenvalue weighted by Gasteiger charge is 2.59. The predicted octanol–water partition coefficient (Wildman–Crippen LogP) is 3.77. The number of hydrogen-bond donors (Lipinski definition) is 2. The Labute approximate surface area is 160 Å². The van der Waals surface area contributed by atoms with E-state index in [4.69, 9.17) is 9.73 Å². The number of thiophene rings is 1. The molecule has 1 heterocycles. The molecule has 2 unspecified atom stereocenters. The first-order chi connectivity index (χ1) is 10.8. The van der Waals surface area contributed by atoms with E-state index in [-0.39, 0.29) is 24.0 Å². The molecular formula is C17H28IN3OS. The van der Waals surface area contributed by atoms with Gasteiger partial charge >= 0.3 is 0 Å². The molecule has 3 rings (SSSR count). The zero-order valence-electron chi connectivity index (χ0n) is 14.0. The predicted molar refractivity (Wildman–Crippen MR) is 108 cm³/mol. The average Bonchev–Trinajstić information content (AvgIpc) is 2.95. The molecule has 2 saturated carbocycles. The Hall–Kier alpha value is -0.340. The maximum absolute atomic E-state index is 5.93. The van der Waals surface area contributed by atoms with Gasteiger partial charge < -0.3 is 15.4 Å². The normalized spacial score (nSPS) is 25.2. The van der Waals surface area contributed by atoms with Gasteiger partial charge in [0.15, 0.2) is 5.96 Å². The third kappa shape index (κ3) is 4.02. The Kier molecular flexibility index (Phi) is 7.16. The number of halogens is 1. The summed E-state index contributed by atoms with van der Waals surface area (Å²) in [5.74, 6) is 0.944. The van der Waals surface area contributed by atoms with Crippen molar-refractivity contribution in [1.82, 2.24) is 10.6 Å². The number of ether oxygens (including phenoxy) is 1. The highest BCUT2D eigenvalue weighted by Crippen LogP contribution is 2.57. The van der Waals surface area contributed by atoms with E-state index in [1.54, 1.807) is 11.3 Å². The third-order valence-electron chi connectivity index (χ3n) is 5.09. The highest BCUT2D eigenvalue weighted by atomic mass is 127. The lowest BCUT2D eigenvalue weighted by molar-refractivity contribution is -0.168. The van der Waals surface area contributed by atoms with E-state index < -0.39 is 0 Å². The Balaban J connectivity index is 0.00000192. The third-order valence-corrected chi connectivity index (χ3v) is 5.82. The van der Waals surface area contributed by atoms with Crippen LogP contribution in [0, 0.1) is 5.41 Å². The van der Waals surface area contributed by atoms with Gasteiger partial charge in [-0.25, -0.2) is 4.99 Å². The maximum atomic E-state index is 5.93. The van der Waals surface area contributed by atoms with Crippen molar-refractivity contribution in [3.63, 3.8) is 0 Å². The van der Waals surface area contributed by atoms with E-state index in [0.29, 0.717) is 17.6 Å². The van der Waals surface area contributed by atoms with Crippen LogP contribution in [0.2, 0.25) is 0 Å². The molecular weight excluding hydrogens is 421 g/mol. The first-order valence-electron chi connectivity index (χ1n) is 8.46. The molecule has 0 aromatic carbocycles. The first-order valence-corrected chi connectivity index (χ1v) is 9.40. The fourth-order valence-corrected chi connectivity index (χ4v) is 4.34. The largest absolute Gasteiger partial charge is 0.378 e. The van der Waals surface area contributed by atoms with Crippen LogP contribution in [0.15, 0.2) is 21.8 Å². The van der Waals surface area contributed by atoms with Gasteiger partial charge in [-0.1, -0.05) is 6.42 Å². The van der Waals surface area contributed by atoms with Gasteiger partial charge in [-0.05, 0) is 55.5 Å². The van der Waals surface area contributed by atoms with Crippen LogP contribution in [0.25, 0.3) is 0 Å². The molecule has 0 bridgehead atoms. The van der Waals surface area contributed by atoms with Gasteiger partial charge in [-0.3, -0.25) is 0 Å². The van der Waals surface area contributed by atoms with Crippen molar-refractivity contribution in [2.24, 2.45) is 10.4 Å². The van der Waals surface area contributed by atoms with Gasteiger partial charge in [0.2, 0.25) is 0 Å². The first kappa shape index (κ1) is 19.0. The number of nitrogens with zero attached hydrogens (tertiary/aromatic N) is 1. The smallest absolute Gasteiger partial charge is 0.191 e. The van der Waals surface area contributed by atoms with E-state index in [0.717, 1.165) is 32.1 Å². The number of nitrogens with one attached hydrogen (secondary N) is 2. The minimum absolute atomic E-state index is 0. The Morgan fingerprint density at radius 3 is 2.83 bits per heavy atom. The molecule has 1 spiro atoms. The lowest BCUT2D eigenvalue weighted by Crippen LogP contribution is -2.68. The zero-order valence-corrected chi connectivity index (χ0v) is 17.2. The van der Waals surface area contributed by atoms with Gasteiger partial charge in [0.25, 0.3) is 0 Å². The molecule has 1 aromatic heterocycles. The Morgan fingerprint density at radius 2 is 2.26 bits per heavy atom. The van der Waals surface area contributed by atoms with Crippen molar-refractivity contribution in [2.45, 2.75) is 58.2 Å². The summed E-state index contributed by atoms with van der Waals surface area (Å²) in [6.07, 6.45) is 5.48. The number of hydrogen-bond acceptors (Lipinski definition) is 3. The van der Waals surface area contributed by atoms with Crippen LogP contribution < -0.4 is 10.6 Å². The lowest BCUT2D eigenvalue weighted by Gasteiger charge is -2.61. The lowest BCUT2D eigenvalue weighted by atomic mass is 9.51. The Bertz CT molecular complexity index is 502. The fourth-order valence-electron chi connectivity index (χ4n) is 3.68. The number of guanidine groups is 1. The zero-order chi connectivity index (χ0) is 15.4. The van der Waals surface area contributed by atoms with E-state index in [9.17, 15) is 0 Å². The highest BCUT2D eigenvalue weighted by molar-refractivity contribution is 14.0. The van der Waals surface area contributed by atoms with E-state index in [2.05, 4.69) is 41.3 Å². The Morgan fingerprint density at radius 1 is 1.43 bits per heavy atom. The van der Waals surface area contributed by atoms with Crippen LogP contribution in [-0.2, 0) is 11.3 Å². The summed E-state index contributed by atoms with van der Waals surface area (Å²) in [5.41, 5.74) is 1.65. The maximum Gasteiger partial charge on any atom is 0.191 e. The van der Waals surface area contributed by atoms with Crippen LogP contribution in [0.5, 0.6) is 0 Å². The van der Waals surface area contributed by atoms with Gasteiger partial charge in [-0.15, -0.1) is 24.0 Å². The van der Waals surface area contributed by atoms with Crippen molar-refractivity contribution in [2.75, 3.05) is 13.2 Å². The molecule has 0 radical (unpaired) electrons. The minimum Gasteiger partial charge on any atom is -0.378 e. The van der Waals surface area contributed by atoms with E-state index >= 15 is 0 Å². The molecule has 0 saturated heterocycles. The quantitative estimate of drug-likeness (QED) is 0.395. The monoisotopic (exact) mass is 449 g/mol. The minimum atomic E-state index is 0. The summed E-state index contributed by atoms with van der Waals surface area (Å²) >= 11 is 1.73. The molecule has 2 atom stereocenters. The molecule has 2 aliphatic carbocycles. The van der Waals surface area contributed by atoms with Gasteiger partial charge in [0.05, 0.1) is 12.6 Å². The summed E-state index contributed by atoms with van der Waals surface area (Å²) in [4.78, 5) is 4.73. The molecule has 6 heteroatoms. The molecule has 130 valence electrons. The van der Waals surface area contributed by atoms with E-state index in [1.165, 1.54) is 24.8 Å². The fraction of sp³-hybridized carbons (Fsp3) is 0.706. The van der Waals surface area contributed by atoms with Crippen molar-refractivity contribution in [3.05, 3.63) is 22.4 Å². The van der Waals surface area contributed by atoms with Crippen LogP contribution in [0.1, 0.15) is 45.1 Å². The second-order valence-electron chi connectivity index (χ2n) is 6.29. The molecule has 2 aliphatic rings. The van der Waals surface area contributed by atoms with Crippen molar-refractivity contribution in [3.8, 4) is 0 Å². The number of aliphatic imine (C=N–C) groups is 1. The molecule has 23 heavy (non-hydrogen) atoms. The van der Waals surface area contributed by atoms with Crippen molar-refractivity contribution in [1.29, 1.82) is 0 Å². The molecule has 0 aliphatic heterocycles. The topological polar surface area (TPSA) is 45.7 Å². The molecule has 1 aromatic rings. The summed E-state index contributed by atoms with van der Waals surface area (Å²) in [5, 5.41) is 11.3. The molecule has 2 fully saturated rings. The van der Waals surface area contributed by atoms with Gasteiger partial charge in [0.1, 0.15) is 0 Å². The standard InChI is InChI=1S/C17H27N3OS.HI/c1-3-18-16(19-11-13-6-9-22-12-13)20-14-10-15(21-4-2)17(14)7-5-8-17;/h6,9,12,14-15H,3-5,7-8,10-11H2,1-2H3,(H2,18,19,20);1H. The summed E-state index contributed by atoms with van der Waals surface area (Å²) in [6.45, 7) is 6.67. The number of rotatable bonds is 6. The average molecular weight is 449 g/mol. The van der Waals surface area contributed by atoms with Crippen molar-refractivity contribution >= 4 is 41.3 Å². The van der Waals surface area contributed by atoms with Crippen LogP contribution in [-0.4, -0.2) is 31.3 Å². The van der Waals surface area contributed by atoms with Gasteiger partial charge in [0, 0.05) is 24.6 Å². The summed E-state index contributed by atoms with van der Waals surface area (Å²) in [6, 6.07) is 2.65. The second-order valence-corrected chi connectivity index (χ2v) is 7.07. The molecule has 0 amide bonds. The SMILES string of the molecule is CCNC(=NCc1ccsc1)NC1CC(OCC)C12CCC2.I. The summed E-state index contributed by atoms with van der Waals surface area (Å²) < 4.78 is 5.93.